The minimum Gasteiger partial charge on any atom is -0.309 e. The van der Waals surface area contributed by atoms with Crippen molar-refractivity contribution >= 4 is 11.5 Å². The average molecular weight is 236 g/mol. The third kappa shape index (κ3) is 3.64. The molecule has 0 aliphatic rings. The summed E-state index contributed by atoms with van der Waals surface area (Å²) in [5.41, 5.74) is 0.349. The van der Waals surface area contributed by atoms with Crippen LogP contribution < -0.4 is 0 Å². The molecular weight excluding hydrogens is 220 g/mol. The van der Waals surface area contributed by atoms with Crippen molar-refractivity contribution in [3.8, 4) is 0 Å². The van der Waals surface area contributed by atoms with Crippen LogP contribution in [0.4, 0.5) is 5.69 Å². The summed E-state index contributed by atoms with van der Waals surface area (Å²) in [6.07, 6.45) is 0. The SMILES string of the molecule is C[C@H](CN(C)C)C(=O)c1cccc([N+](=O)[O-])c1. The second-order valence-electron chi connectivity index (χ2n) is 4.33. The molecule has 0 saturated heterocycles. The molecule has 17 heavy (non-hydrogen) atoms. The maximum Gasteiger partial charge on any atom is 0.270 e. The summed E-state index contributed by atoms with van der Waals surface area (Å²) in [4.78, 5) is 24.0. The highest BCUT2D eigenvalue weighted by Crippen LogP contribution is 2.16. The molecule has 0 amide bonds. The molecule has 0 aliphatic heterocycles. The molecule has 0 bridgehead atoms. The van der Waals surface area contributed by atoms with Gasteiger partial charge in [0.2, 0.25) is 0 Å². The van der Waals surface area contributed by atoms with Crippen LogP contribution in [-0.2, 0) is 0 Å². The summed E-state index contributed by atoms with van der Waals surface area (Å²) >= 11 is 0. The number of carbonyl (C=O) groups is 1. The molecule has 0 spiro atoms. The highest BCUT2D eigenvalue weighted by Gasteiger charge is 2.18. The lowest BCUT2D eigenvalue weighted by Crippen LogP contribution is -2.25. The smallest absolute Gasteiger partial charge is 0.270 e. The molecule has 0 aliphatic carbocycles. The monoisotopic (exact) mass is 236 g/mol. The normalized spacial score (nSPS) is 12.5. The number of nitro groups is 1. The van der Waals surface area contributed by atoms with Gasteiger partial charge in [-0.2, -0.15) is 0 Å². The van der Waals surface area contributed by atoms with Crippen molar-refractivity contribution in [1.29, 1.82) is 0 Å². The van der Waals surface area contributed by atoms with Gasteiger partial charge >= 0.3 is 0 Å². The van der Waals surface area contributed by atoms with Crippen molar-refractivity contribution in [2.24, 2.45) is 5.92 Å². The molecule has 1 atom stereocenters. The van der Waals surface area contributed by atoms with Crippen molar-refractivity contribution in [3.05, 3.63) is 39.9 Å². The molecule has 1 aromatic carbocycles. The van der Waals surface area contributed by atoms with Gasteiger partial charge in [-0.15, -0.1) is 0 Å². The highest BCUT2D eigenvalue weighted by molar-refractivity contribution is 5.98. The number of carbonyl (C=O) groups excluding carboxylic acids is 1. The third-order valence-corrected chi connectivity index (χ3v) is 2.43. The second-order valence-corrected chi connectivity index (χ2v) is 4.33. The van der Waals surface area contributed by atoms with Crippen LogP contribution in [0.15, 0.2) is 24.3 Å². The number of Topliss-reactive ketones (excluding diaryl/α,β-unsaturated/α-hetero) is 1. The van der Waals surface area contributed by atoms with Crippen LogP contribution in [-0.4, -0.2) is 36.2 Å². The van der Waals surface area contributed by atoms with Gasteiger partial charge in [-0.3, -0.25) is 14.9 Å². The summed E-state index contributed by atoms with van der Waals surface area (Å²) in [5.74, 6) is -0.241. The van der Waals surface area contributed by atoms with Crippen molar-refractivity contribution in [1.82, 2.24) is 4.90 Å². The molecule has 0 aromatic heterocycles. The number of nitro benzene ring substituents is 1. The Hall–Kier alpha value is -1.75. The van der Waals surface area contributed by atoms with Gasteiger partial charge in [0.05, 0.1) is 4.92 Å². The zero-order valence-corrected chi connectivity index (χ0v) is 10.2. The van der Waals surface area contributed by atoms with Crippen LogP contribution in [0.25, 0.3) is 0 Å². The first-order chi connectivity index (χ1) is 7.91. The average Bonchev–Trinajstić information content (AvgIpc) is 2.27. The topological polar surface area (TPSA) is 63.5 Å². The van der Waals surface area contributed by atoms with E-state index in [1.54, 1.807) is 6.07 Å². The van der Waals surface area contributed by atoms with Gasteiger partial charge < -0.3 is 4.90 Å². The molecule has 5 heteroatoms. The second kappa shape index (κ2) is 5.54. The molecule has 0 N–H and O–H groups in total. The first-order valence-electron chi connectivity index (χ1n) is 5.35. The van der Waals surface area contributed by atoms with Crippen LogP contribution in [0.3, 0.4) is 0 Å². The quantitative estimate of drug-likeness (QED) is 0.445. The van der Waals surface area contributed by atoms with Gasteiger partial charge in [0.1, 0.15) is 0 Å². The Kier molecular flexibility index (Phi) is 4.34. The number of non-ortho nitro benzene ring substituents is 1. The Morgan fingerprint density at radius 3 is 2.65 bits per heavy atom. The zero-order chi connectivity index (χ0) is 13.0. The van der Waals surface area contributed by atoms with Gasteiger partial charge in [-0.05, 0) is 14.1 Å². The maximum absolute atomic E-state index is 12.0. The number of ketones is 1. The first kappa shape index (κ1) is 13.3. The van der Waals surface area contributed by atoms with E-state index >= 15 is 0 Å². The van der Waals surface area contributed by atoms with E-state index in [0.29, 0.717) is 12.1 Å². The molecule has 0 saturated carbocycles. The van der Waals surface area contributed by atoms with Crippen molar-refractivity contribution in [3.63, 3.8) is 0 Å². The van der Waals surface area contributed by atoms with E-state index in [9.17, 15) is 14.9 Å². The van der Waals surface area contributed by atoms with Gasteiger partial charge in [0, 0.05) is 30.2 Å². The number of hydrogen-bond donors (Lipinski definition) is 0. The third-order valence-electron chi connectivity index (χ3n) is 2.43. The first-order valence-corrected chi connectivity index (χ1v) is 5.35. The van der Waals surface area contributed by atoms with E-state index in [0.717, 1.165) is 0 Å². The predicted molar refractivity (Wildman–Crippen MR) is 65.1 cm³/mol. The number of hydrogen-bond acceptors (Lipinski definition) is 4. The molecule has 5 nitrogen and oxygen atoms in total. The van der Waals surface area contributed by atoms with Crippen LogP contribution in [0.2, 0.25) is 0 Å². The summed E-state index contributed by atoms with van der Waals surface area (Å²) in [6, 6.07) is 5.86. The van der Waals surface area contributed by atoms with E-state index in [-0.39, 0.29) is 17.4 Å². The van der Waals surface area contributed by atoms with Crippen LogP contribution in [0.5, 0.6) is 0 Å². The Morgan fingerprint density at radius 1 is 1.47 bits per heavy atom. The van der Waals surface area contributed by atoms with E-state index in [2.05, 4.69) is 0 Å². The predicted octanol–water partition coefficient (Wildman–Crippen LogP) is 1.98. The van der Waals surface area contributed by atoms with Gasteiger partial charge in [0.25, 0.3) is 5.69 Å². The van der Waals surface area contributed by atoms with Gasteiger partial charge in [0.15, 0.2) is 5.78 Å². The molecule has 0 heterocycles. The Bertz CT molecular complexity index is 430. The minimum atomic E-state index is -0.493. The summed E-state index contributed by atoms with van der Waals surface area (Å²) in [5, 5.41) is 10.6. The van der Waals surface area contributed by atoms with Crippen molar-refractivity contribution < 1.29 is 9.72 Å². The van der Waals surface area contributed by atoms with Crippen LogP contribution in [0.1, 0.15) is 17.3 Å². The summed E-state index contributed by atoms with van der Waals surface area (Å²) in [6.45, 7) is 2.45. The van der Waals surface area contributed by atoms with E-state index in [4.69, 9.17) is 0 Å². The van der Waals surface area contributed by atoms with Crippen LogP contribution in [0, 0.1) is 16.0 Å². The molecule has 1 aromatic rings. The lowest BCUT2D eigenvalue weighted by molar-refractivity contribution is -0.384. The molecule has 0 radical (unpaired) electrons. The lowest BCUT2D eigenvalue weighted by Gasteiger charge is -2.15. The minimum absolute atomic E-state index is 0.0482. The molecule has 1 rings (SSSR count). The Balaban J connectivity index is 2.89. The molecule has 0 unspecified atom stereocenters. The highest BCUT2D eigenvalue weighted by atomic mass is 16.6. The van der Waals surface area contributed by atoms with Gasteiger partial charge in [-0.25, -0.2) is 0 Å². The van der Waals surface area contributed by atoms with E-state index in [1.165, 1.54) is 18.2 Å². The summed E-state index contributed by atoms with van der Waals surface area (Å²) in [7, 11) is 3.77. The fourth-order valence-electron chi connectivity index (χ4n) is 1.69. The van der Waals surface area contributed by atoms with Crippen molar-refractivity contribution in [2.45, 2.75) is 6.92 Å². The number of nitrogens with zero attached hydrogens (tertiary/aromatic N) is 2. The fourth-order valence-corrected chi connectivity index (χ4v) is 1.69. The molecule has 0 fully saturated rings. The molecule has 92 valence electrons. The lowest BCUT2D eigenvalue weighted by atomic mass is 9.99. The zero-order valence-electron chi connectivity index (χ0n) is 10.2. The van der Waals surface area contributed by atoms with E-state index < -0.39 is 4.92 Å². The largest absolute Gasteiger partial charge is 0.309 e. The number of benzene rings is 1. The maximum atomic E-state index is 12.0. The number of rotatable bonds is 5. The Morgan fingerprint density at radius 2 is 2.12 bits per heavy atom. The Labute approximate surface area is 100 Å². The summed E-state index contributed by atoms with van der Waals surface area (Å²) < 4.78 is 0. The van der Waals surface area contributed by atoms with Crippen LogP contribution >= 0.6 is 0 Å². The van der Waals surface area contributed by atoms with E-state index in [1.807, 2.05) is 25.9 Å². The molecular formula is C12H16N2O3. The van der Waals surface area contributed by atoms with Gasteiger partial charge in [-0.1, -0.05) is 19.1 Å². The standard InChI is InChI=1S/C12H16N2O3/c1-9(8-13(2)3)12(15)10-5-4-6-11(7-10)14(16)17/h4-7,9H,8H2,1-3H3/t9-/m1/s1. The fraction of sp³-hybridized carbons (Fsp3) is 0.417. The van der Waals surface area contributed by atoms with Crippen molar-refractivity contribution in [2.75, 3.05) is 20.6 Å².